The molecule has 14 heavy (non-hydrogen) atoms. The number of hydrogen-bond acceptors (Lipinski definition) is 2. The summed E-state index contributed by atoms with van der Waals surface area (Å²) in [6.45, 7) is 3.76. The molecule has 1 aromatic rings. The maximum atomic E-state index is 11.5. The van der Waals surface area contributed by atoms with Crippen LogP contribution < -0.4 is 0 Å². The lowest BCUT2D eigenvalue weighted by Gasteiger charge is -1.99. The fourth-order valence-corrected chi connectivity index (χ4v) is 1.29. The van der Waals surface area contributed by atoms with Crippen LogP contribution in [0.4, 0.5) is 0 Å². The number of hydrogen-bond donors (Lipinski definition) is 0. The van der Waals surface area contributed by atoms with Crippen LogP contribution in [0.25, 0.3) is 0 Å². The number of aromatic nitrogens is 1. The van der Waals surface area contributed by atoms with E-state index >= 15 is 0 Å². The maximum Gasteiger partial charge on any atom is 0.181 e. The molecule has 2 nitrogen and oxygen atoms in total. The van der Waals surface area contributed by atoms with Crippen LogP contribution in [-0.2, 0) is 0 Å². The van der Waals surface area contributed by atoms with Crippen molar-refractivity contribution in [1.29, 1.82) is 0 Å². The SMILES string of the molecule is [CH2]CCCCCC(=O)c1ccccn1. The monoisotopic (exact) mass is 190 g/mol. The minimum atomic E-state index is 0.148. The van der Waals surface area contributed by atoms with Crippen LogP contribution in [0.15, 0.2) is 24.4 Å². The molecule has 0 aliphatic heterocycles. The number of ketones is 1. The largest absolute Gasteiger partial charge is 0.292 e. The van der Waals surface area contributed by atoms with Crippen molar-refractivity contribution < 1.29 is 4.79 Å². The molecule has 0 fully saturated rings. The van der Waals surface area contributed by atoms with Gasteiger partial charge in [0.05, 0.1) is 0 Å². The molecule has 0 bridgehead atoms. The van der Waals surface area contributed by atoms with E-state index in [1.807, 2.05) is 12.1 Å². The first kappa shape index (κ1) is 10.9. The van der Waals surface area contributed by atoms with Gasteiger partial charge in [-0.15, -0.1) is 0 Å². The van der Waals surface area contributed by atoms with Crippen LogP contribution in [0, 0.1) is 6.92 Å². The van der Waals surface area contributed by atoms with Crippen molar-refractivity contribution in [1.82, 2.24) is 4.98 Å². The minimum absolute atomic E-state index is 0.148. The summed E-state index contributed by atoms with van der Waals surface area (Å²) < 4.78 is 0. The lowest BCUT2D eigenvalue weighted by atomic mass is 10.1. The number of unbranched alkanes of at least 4 members (excludes halogenated alkanes) is 3. The summed E-state index contributed by atoms with van der Waals surface area (Å²) >= 11 is 0. The summed E-state index contributed by atoms with van der Waals surface area (Å²) in [6, 6.07) is 5.43. The first-order valence-corrected chi connectivity index (χ1v) is 5.08. The Bertz CT molecular complexity index is 269. The fraction of sp³-hybridized carbons (Fsp3) is 0.417. The molecule has 0 N–H and O–H groups in total. The quantitative estimate of drug-likeness (QED) is 0.509. The van der Waals surface area contributed by atoms with Crippen molar-refractivity contribution in [2.45, 2.75) is 32.1 Å². The first-order chi connectivity index (χ1) is 6.84. The Labute approximate surface area is 85.4 Å². The number of pyridine rings is 1. The summed E-state index contributed by atoms with van der Waals surface area (Å²) in [6.07, 6.45) is 6.36. The number of carbonyl (C=O) groups excluding carboxylic acids is 1. The highest BCUT2D eigenvalue weighted by Crippen LogP contribution is 2.06. The van der Waals surface area contributed by atoms with Gasteiger partial charge in [0.2, 0.25) is 0 Å². The lowest BCUT2D eigenvalue weighted by molar-refractivity contribution is 0.0974. The van der Waals surface area contributed by atoms with Gasteiger partial charge in [0.15, 0.2) is 5.78 Å². The van der Waals surface area contributed by atoms with E-state index in [-0.39, 0.29) is 5.78 Å². The Morgan fingerprint density at radius 2 is 2.14 bits per heavy atom. The molecule has 0 saturated heterocycles. The Kier molecular flexibility index (Phi) is 4.90. The van der Waals surface area contributed by atoms with Crippen LogP contribution in [-0.4, -0.2) is 10.8 Å². The summed E-state index contributed by atoms with van der Waals surface area (Å²) in [4.78, 5) is 15.5. The lowest BCUT2D eigenvalue weighted by Crippen LogP contribution is -2.01. The second-order valence-corrected chi connectivity index (χ2v) is 3.30. The summed E-state index contributed by atoms with van der Waals surface area (Å²) in [5, 5.41) is 0. The normalized spacial score (nSPS) is 10.1. The summed E-state index contributed by atoms with van der Waals surface area (Å²) in [5.41, 5.74) is 0.585. The number of nitrogens with zero attached hydrogens (tertiary/aromatic N) is 1. The molecule has 1 radical (unpaired) electrons. The second-order valence-electron chi connectivity index (χ2n) is 3.30. The number of rotatable bonds is 6. The summed E-state index contributed by atoms with van der Waals surface area (Å²) in [7, 11) is 0. The van der Waals surface area contributed by atoms with E-state index in [2.05, 4.69) is 11.9 Å². The van der Waals surface area contributed by atoms with Gasteiger partial charge < -0.3 is 0 Å². The molecular formula is C12H16NO. The number of carbonyl (C=O) groups is 1. The molecule has 0 spiro atoms. The van der Waals surface area contributed by atoms with E-state index in [0.29, 0.717) is 12.1 Å². The molecule has 0 aliphatic rings. The summed E-state index contributed by atoms with van der Waals surface area (Å²) in [5.74, 6) is 0.148. The third kappa shape index (κ3) is 3.69. The molecule has 1 heterocycles. The predicted octanol–water partition coefficient (Wildman–Crippen LogP) is 3.05. The van der Waals surface area contributed by atoms with E-state index in [4.69, 9.17) is 0 Å². The smallest absolute Gasteiger partial charge is 0.181 e. The van der Waals surface area contributed by atoms with Crippen LogP contribution in [0.3, 0.4) is 0 Å². The zero-order valence-electron chi connectivity index (χ0n) is 8.41. The third-order valence-electron chi connectivity index (χ3n) is 2.10. The van der Waals surface area contributed by atoms with E-state index in [0.717, 1.165) is 25.7 Å². The topological polar surface area (TPSA) is 30.0 Å². The minimum Gasteiger partial charge on any atom is -0.292 e. The van der Waals surface area contributed by atoms with E-state index in [1.165, 1.54) is 0 Å². The van der Waals surface area contributed by atoms with Gasteiger partial charge in [-0.2, -0.15) is 0 Å². The van der Waals surface area contributed by atoms with Gasteiger partial charge in [0.1, 0.15) is 5.69 Å². The molecule has 0 unspecified atom stereocenters. The predicted molar refractivity (Wildman–Crippen MR) is 57.0 cm³/mol. The molecule has 1 rings (SSSR count). The van der Waals surface area contributed by atoms with Crippen LogP contribution in [0.1, 0.15) is 42.6 Å². The average molecular weight is 190 g/mol. The highest BCUT2D eigenvalue weighted by Gasteiger charge is 2.04. The highest BCUT2D eigenvalue weighted by atomic mass is 16.1. The third-order valence-corrected chi connectivity index (χ3v) is 2.10. The Hall–Kier alpha value is -1.18. The van der Waals surface area contributed by atoms with E-state index in [9.17, 15) is 4.79 Å². The Morgan fingerprint density at radius 3 is 2.79 bits per heavy atom. The van der Waals surface area contributed by atoms with Gasteiger partial charge in [-0.1, -0.05) is 32.3 Å². The maximum absolute atomic E-state index is 11.5. The standard InChI is InChI=1S/C12H16NO/c1-2-3-4-5-9-12(14)11-8-6-7-10-13-11/h6-8,10H,1-5,9H2. The van der Waals surface area contributed by atoms with Crippen molar-refractivity contribution in [2.75, 3.05) is 0 Å². The van der Waals surface area contributed by atoms with E-state index in [1.54, 1.807) is 12.3 Å². The Morgan fingerprint density at radius 1 is 1.29 bits per heavy atom. The van der Waals surface area contributed by atoms with Crippen LogP contribution >= 0.6 is 0 Å². The molecular weight excluding hydrogens is 174 g/mol. The zero-order chi connectivity index (χ0) is 10.2. The van der Waals surface area contributed by atoms with Gasteiger partial charge in [0, 0.05) is 12.6 Å². The van der Waals surface area contributed by atoms with Crippen molar-refractivity contribution >= 4 is 5.78 Å². The van der Waals surface area contributed by atoms with Crippen molar-refractivity contribution in [2.24, 2.45) is 0 Å². The number of Topliss-reactive ketones (excluding diaryl/α,β-unsaturated/α-hetero) is 1. The van der Waals surface area contributed by atoms with Gasteiger partial charge in [-0.3, -0.25) is 9.78 Å². The highest BCUT2D eigenvalue weighted by molar-refractivity contribution is 5.94. The van der Waals surface area contributed by atoms with Crippen molar-refractivity contribution in [3.05, 3.63) is 37.0 Å². The average Bonchev–Trinajstić information content (AvgIpc) is 2.25. The van der Waals surface area contributed by atoms with Gasteiger partial charge in [0.25, 0.3) is 0 Å². The van der Waals surface area contributed by atoms with Crippen LogP contribution in [0.5, 0.6) is 0 Å². The zero-order valence-corrected chi connectivity index (χ0v) is 8.41. The van der Waals surface area contributed by atoms with Gasteiger partial charge in [-0.05, 0) is 18.6 Å². The molecule has 0 aromatic carbocycles. The first-order valence-electron chi connectivity index (χ1n) is 5.08. The molecule has 0 saturated carbocycles. The van der Waals surface area contributed by atoms with Gasteiger partial charge in [-0.25, -0.2) is 0 Å². The molecule has 1 aromatic heterocycles. The van der Waals surface area contributed by atoms with Crippen LogP contribution in [0.2, 0.25) is 0 Å². The Balaban J connectivity index is 2.29. The molecule has 75 valence electrons. The van der Waals surface area contributed by atoms with Crippen molar-refractivity contribution in [3.63, 3.8) is 0 Å². The molecule has 0 atom stereocenters. The molecule has 0 amide bonds. The van der Waals surface area contributed by atoms with Gasteiger partial charge >= 0.3 is 0 Å². The fourth-order valence-electron chi connectivity index (χ4n) is 1.29. The molecule has 2 heteroatoms. The molecule has 0 aliphatic carbocycles. The second kappa shape index (κ2) is 6.30. The van der Waals surface area contributed by atoms with E-state index < -0.39 is 0 Å². The van der Waals surface area contributed by atoms with Crippen molar-refractivity contribution in [3.8, 4) is 0 Å².